The van der Waals surface area contributed by atoms with Crippen LogP contribution in [0.25, 0.3) is 0 Å². The van der Waals surface area contributed by atoms with Crippen molar-refractivity contribution in [2.24, 2.45) is 11.7 Å². The van der Waals surface area contributed by atoms with E-state index in [4.69, 9.17) is 5.73 Å². The molecule has 1 fully saturated rings. The molecule has 1 aliphatic heterocycles. The first kappa shape index (κ1) is 12.4. The summed E-state index contributed by atoms with van der Waals surface area (Å²) in [7, 11) is 0. The molecule has 96 valence electrons. The number of nitrogens with two attached hydrogens (primary N) is 1. The van der Waals surface area contributed by atoms with Crippen LogP contribution in [0.3, 0.4) is 0 Å². The van der Waals surface area contributed by atoms with Crippen LogP contribution < -0.4 is 5.73 Å². The van der Waals surface area contributed by atoms with Gasteiger partial charge in [0.25, 0.3) is 0 Å². The van der Waals surface area contributed by atoms with Gasteiger partial charge in [-0.25, -0.2) is 4.98 Å². The molecule has 0 aromatic carbocycles. The molecule has 0 saturated carbocycles. The molecule has 2 N–H and O–H groups in total. The Hall–Kier alpha value is -1.01. The minimum atomic E-state index is -2.52. The summed E-state index contributed by atoms with van der Waals surface area (Å²) in [5, 5.41) is 0. The number of imidazole rings is 1. The molecule has 1 aromatic rings. The van der Waals surface area contributed by atoms with Crippen LogP contribution in [-0.4, -0.2) is 33.6 Å². The molecule has 4 nitrogen and oxygen atoms in total. The second-order valence-electron chi connectivity index (χ2n) is 4.69. The number of rotatable bonds is 3. The normalized spacial score (nSPS) is 26.6. The van der Waals surface area contributed by atoms with Gasteiger partial charge in [-0.05, 0) is 12.3 Å². The minimum Gasteiger partial charge on any atom is -0.327 e. The molecule has 2 heterocycles. The molecule has 0 amide bonds. The van der Waals surface area contributed by atoms with E-state index < -0.39 is 6.55 Å². The van der Waals surface area contributed by atoms with Crippen LogP contribution in [0.15, 0.2) is 12.4 Å². The van der Waals surface area contributed by atoms with Crippen molar-refractivity contribution in [2.45, 2.75) is 32.5 Å². The van der Waals surface area contributed by atoms with Crippen LogP contribution in [0, 0.1) is 5.92 Å². The van der Waals surface area contributed by atoms with Gasteiger partial charge in [0.2, 0.25) is 0 Å². The highest BCUT2D eigenvalue weighted by Gasteiger charge is 2.24. The highest BCUT2D eigenvalue weighted by atomic mass is 19.3. The van der Waals surface area contributed by atoms with E-state index >= 15 is 0 Å². The number of hydrogen-bond donors (Lipinski definition) is 1. The fourth-order valence-corrected chi connectivity index (χ4v) is 2.24. The van der Waals surface area contributed by atoms with Crippen molar-refractivity contribution in [3.8, 4) is 0 Å². The van der Waals surface area contributed by atoms with Gasteiger partial charge < -0.3 is 5.73 Å². The van der Waals surface area contributed by atoms with Crippen molar-refractivity contribution < 1.29 is 8.78 Å². The van der Waals surface area contributed by atoms with Crippen molar-refractivity contribution >= 4 is 0 Å². The Kier molecular flexibility index (Phi) is 3.73. The highest BCUT2D eigenvalue weighted by Crippen LogP contribution is 2.19. The van der Waals surface area contributed by atoms with Gasteiger partial charge in [-0.3, -0.25) is 9.47 Å². The van der Waals surface area contributed by atoms with Crippen LogP contribution in [0.1, 0.15) is 25.7 Å². The van der Waals surface area contributed by atoms with E-state index in [1.165, 1.54) is 12.4 Å². The number of halogens is 2. The van der Waals surface area contributed by atoms with Gasteiger partial charge in [0, 0.05) is 31.5 Å². The van der Waals surface area contributed by atoms with E-state index in [1.54, 1.807) is 0 Å². The first-order valence-electron chi connectivity index (χ1n) is 5.85. The van der Waals surface area contributed by atoms with E-state index in [1.807, 2.05) is 0 Å². The zero-order valence-electron chi connectivity index (χ0n) is 9.89. The molecule has 1 aromatic heterocycles. The van der Waals surface area contributed by atoms with E-state index in [-0.39, 0.29) is 6.04 Å². The zero-order valence-corrected chi connectivity index (χ0v) is 9.89. The molecular formula is C11H18F2N4. The number of likely N-dealkylation sites (tertiary alicyclic amines) is 1. The van der Waals surface area contributed by atoms with Crippen LogP contribution in [-0.2, 0) is 6.54 Å². The summed E-state index contributed by atoms with van der Waals surface area (Å²) in [5.41, 5.74) is 5.92. The monoisotopic (exact) mass is 244 g/mol. The summed E-state index contributed by atoms with van der Waals surface area (Å²) in [4.78, 5) is 6.12. The average molecular weight is 244 g/mol. The van der Waals surface area contributed by atoms with Crippen molar-refractivity contribution in [3.05, 3.63) is 18.2 Å². The van der Waals surface area contributed by atoms with E-state index in [0.717, 1.165) is 24.1 Å². The molecule has 17 heavy (non-hydrogen) atoms. The smallest absolute Gasteiger partial charge is 0.319 e. The van der Waals surface area contributed by atoms with Crippen LogP contribution in [0.4, 0.5) is 8.78 Å². The molecular weight excluding hydrogens is 226 g/mol. The lowest BCUT2D eigenvalue weighted by Crippen LogP contribution is -2.45. The van der Waals surface area contributed by atoms with Gasteiger partial charge in [-0.15, -0.1) is 0 Å². The van der Waals surface area contributed by atoms with Gasteiger partial charge in [-0.1, -0.05) is 6.92 Å². The molecule has 0 radical (unpaired) electrons. The Labute approximate surface area is 99.4 Å². The van der Waals surface area contributed by atoms with E-state index in [2.05, 4.69) is 16.8 Å². The maximum atomic E-state index is 12.6. The maximum absolute atomic E-state index is 12.6. The lowest BCUT2D eigenvalue weighted by atomic mass is 9.95. The quantitative estimate of drug-likeness (QED) is 0.875. The molecule has 1 aliphatic rings. The molecule has 0 bridgehead atoms. The predicted octanol–water partition coefficient (Wildman–Crippen LogP) is 1.45. The molecule has 2 atom stereocenters. The number of hydrogen-bond acceptors (Lipinski definition) is 3. The average Bonchev–Trinajstić information content (AvgIpc) is 2.72. The summed E-state index contributed by atoms with van der Waals surface area (Å²) in [6, 6.07) is 0.223. The Bertz CT molecular complexity index is 366. The molecule has 6 heteroatoms. The molecule has 0 spiro atoms. The zero-order chi connectivity index (χ0) is 12.4. The van der Waals surface area contributed by atoms with Gasteiger partial charge in [0.1, 0.15) is 5.82 Å². The molecule has 0 aliphatic carbocycles. The third-order valence-electron chi connectivity index (χ3n) is 3.38. The van der Waals surface area contributed by atoms with Gasteiger partial charge in [0.05, 0.1) is 6.54 Å². The van der Waals surface area contributed by atoms with Crippen molar-refractivity contribution in [1.82, 2.24) is 14.5 Å². The summed E-state index contributed by atoms with van der Waals surface area (Å²) < 4.78 is 26.2. The molecule has 2 unspecified atom stereocenters. The van der Waals surface area contributed by atoms with Gasteiger partial charge in [-0.2, -0.15) is 8.78 Å². The second-order valence-corrected chi connectivity index (χ2v) is 4.69. The summed E-state index contributed by atoms with van der Waals surface area (Å²) in [6.07, 6.45) is 3.65. The largest absolute Gasteiger partial charge is 0.327 e. The maximum Gasteiger partial charge on any atom is 0.319 e. The third kappa shape index (κ3) is 2.81. The summed E-state index contributed by atoms with van der Waals surface area (Å²) in [5.74, 6) is 0.821. The fraction of sp³-hybridized carbons (Fsp3) is 0.727. The standard InChI is InChI=1S/C11H18F2N4/c1-8-6-16(4-2-9(8)14)7-10-15-3-5-17(10)11(12)13/h3,5,8-9,11H,2,4,6-7,14H2,1H3. The summed E-state index contributed by atoms with van der Waals surface area (Å²) in [6.45, 7) is 1.74. The van der Waals surface area contributed by atoms with Crippen molar-refractivity contribution in [3.63, 3.8) is 0 Å². The van der Waals surface area contributed by atoms with Crippen molar-refractivity contribution in [2.75, 3.05) is 13.1 Å². The van der Waals surface area contributed by atoms with Crippen LogP contribution >= 0.6 is 0 Å². The van der Waals surface area contributed by atoms with Crippen molar-refractivity contribution in [1.29, 1.82) is 0 Å². The number of nitrogens with zero attached hydrogens (tertiary/aromatic N) is 3. The molecule has 1 saturated heterocycles. The lowest BCUT2D eigenvalue weighted by molar-refractivity contribution is 0.0615. The highest BCUT2D eigenvalue weighted by molar-refractivity contribution is 4.94. The number of piperidine rings is 1. The first-order chi connectivity index (χ1) is 8.08. The Morgan fingerprint density at radius 1 is 1.59 bits per heavy atom. The fourth-order valence-electron chi connectivity index (χ4n) is 2.24. The Morgan fingerprint density at radius 3 is 3.00 bits per heavy atom. The Balaban J connectivity index is 1.99. The van der Waals surface area contributed by atoms with Crippen LogP contribution in [0.2, 0.25) is 0 Å². The number of alkyl halides is 2. The first-order valence-corrected chi connectivity index (χ1v) is 5.85. The van der Waals surface area contributed by atoms with Gasteiger partial charge >= 0.3 is 6.55 Å². The Morgan fingerprint density at radius 2 is 2.35 bits per heavy atom. The third-order valence-corrected chi connectivity index (χ3v) is 3.38. The van der Waals surface area contributed by atoms with Gasteiger partial charge in [0.15, 0.2) is 0 Å². The minimum absolute atomic E-state index is 0.223. The number of aromatic nitrogens is 2. The molecule has 2 rings (SSSR count). The summed E-state index contributed by atoms with van der Waals surface area (Å²) >= 11 is 0. The lowest BCUT2D eigenvalue weighted by Gasteiger charge is -2.34. The topological polar surface area (TPSA) is 47.1 Å². The van der Waals surface area contributed by atoms with Crippen LogP contribution in [0.5, 0.6) is 0 Å². The predicted molar refractivity (Wildman–Crippen MR) is 60.5 cm³/mol. The van der Waals surface area contributed by atoms with E-state index in [0.29, 0.717) is 18.3 Å². The second kappa shape index (κ2) is 5.10. The SMILES string of the molecule is CC1CN(Cc2nccn2C(F)F)CCC1N. The van der Waals surface area contributed by atoms with E-state index in [9.17, 15) is 8.78 Å².